The topological polar surface area (TPSA) is 24.4 Å². The molecule has 0 radical (unpaired) electrons. The van der Waals surface area contributed by atoms with Crippen LogP contribution < -0.4 is 5.32 Å². The van der Waals surface area contributed by atoms with Crippen molar-refractivity contribution in [3.63, 3.8) is 0 Å². The van der Waals surface area contributed by atoms with Crippen LogP contribution in [0.1, 0.15) is 26.7 Å². The number of rotatable bonds is 5. The molecule has 0 aliphatic rings. The first-order valence-corrected chi connectivity index (χ1v) is 4.31. The molecule has 0 saturated heterocycles. The molecule has 0 fully saturated rings. The van der Waals surface area contributed by atoms with Gasteiger partial charge in [-0.25, -0.2) is 0 Å². The minimum absolute atomic E-state index is 0.846. The summed E-state index contributed by atoms with van der Waals surface area (Å²) in [5.74, 6) is 0. The van der Waals surface area contributed by atoms with Crippen LogP contribution in [0.4, 0.5) is 0 Å². The molecule has 0 bridgehead atoms. The van der Waals surface area contributed by atoms with Gasteiger partial charge in [0.1, 0.15) is 0 Å². The van der Waals surface area contributed by atoms with Gasteiger partial charge < -0.3 is 5.32 Å². The van der Waals surface area contributed by atoms with E-state index in [1.807, 2.05) is 0 Å². The van der Waals surface area contributed by atoms with Crippen LogP contribution in [0.15, 0.2) is 29.0 Å². The molecule has 0 saturated carbocycles. The highest BCUT2D eigenvalue weighted by Gasteiger charge is 1.92. The van der Waals surface area contributed by atoms with Gasteiger partial charge in [-0.3, -0.25) is 4.99 Å². The Morgan fingerprint density at radius 1 is 1.50 bits per heavy atom. The van der Waals surface area contributed by atoms with Gasteiger partial charge in [0.05, 0.1) is 0 Å². The zero-order valence-corrected chi connectivity index (χ0v) is 8.22. The predicted molar refractivity (Wildman–Crippen MR) is 55.4 cm³/mol. The molecule has 0 spiro atoms. The summed E-state index contributed by atoms with van der Waals surface area (Å²) in [6.07, 6.45) is 5.94. The lowest BCUT2D eigenvalue weighted by Gasteiger charge is -2.07. The van der Waals surface area contributed by atoms with Crippen LogP contribution >= 0.6 is 0 Å². The van der Waals surface area contributed by atoms with Gasteiger partial charge in [0.2, 0.25) is 0 Å². The third-order valence-electron chi connectivity index (χ3n) is 1.44. The normalized spacial score (nSPS) is 12.1. The van der Waals surface area contributed by atoms with Crippen LogP contribution in [-0.4, -0.2) is 13.3 Å². The fourth-order valence-corrected chi connectivity index (χ4v) is 0.924. The fraction of sp³-hybridized carbons (Fsp3) is 0.500. The molecule has 0 atom stereocenters. The zero-order chi connectivity index (χ0) is 9.40. The van der Waals surface area contributed by atoms with Crippen LogP contribution in [0.3, 0.4) is 0 Å². The fourth-order valence-electron chi connectivity index (χ4n) is 0.924. The molecule has 0 aliphatic heterocycles. The van der Waals surface area contributed by atoms with Crippen LogP contribution in [0.5, 0.6) is 0 Å². The molecule has 1 N–H and O–H groups in total. The van der Waals surface area contributed by atoms with E-state index in [0.717, 1.165) is 18.5 Å². The molecule has 0 aromatic rings. The second-order valence-electron chi connectivity index (χ2n) is 2.53. The third kappa shape index (κ3) is 4.72. The molecule has 0 unspecified atom stereocenters. The van der Waals surface area contributed by atoms with Crippen molar-refractivity contribution >= 4 is 6.21 Å². The number of hydrogen-bond acceptors (Lipinski definition) is 2. The molecule has 0 amide bonds. The number of aliphatic imine (C=N–C) groups is 1. The van der Waals surface area contributed by atoms with E-state index in [9.17, 15) is 0 Å². The average Bonchev–Trinajstić information content (AvgIpc) is 2.04. The summed E-state index contributed by atoms with van der Waals surface area (Å²) in [6, 6.07) is 0. The molecule has 0 rings (SSSR count). The highest BCUT2D eigenvalue weighted by Crippen LogP contribution is 1.99. The van der Waals surface area contributed by atoms with Gasteiger partial charge in [-0.15, -0.1) is 0 Å². The van der Waals surface area contributed by atoms with Crippen LogP contribution in [0.2, 0.25) is 0 Å². The van der Waals surface area contributed by atoms with E-state index < -0.39 is 0 Å². The standard InChI is InChI=1S/C10H18N2/c1-5-7-10(6-2)12-9(3)8-11-4/h7-8,12H,3,5-6H2,1-2,4H3/b10-7+,11-8?. The zero-order valence-electron chi connectivity index (χ0n) is 8.22. The largest absolute Gasteiger partial charge is 0.358 e. The lowest BCUT2D eigenvalue weighted by molar-refractivity contribution is 0.909. The molecule has 12 heavy (non-hydrogen) atoms. The molecule has 0 aromatic heterocycles. The summed E-state index contributed by atoms with van der Waals surface area (Å²) in [5, 5.41) is 3.19. The van der Waals surface area contributed by atoms with Crippen molar-refractivity contribution in [3.8, 4) is 0 Å². The Bertz CT molecular complexity index is 190. The molecule has 0 heterocycles. The van der Waals surface area contributed by atoms with E-state index in [0.29, 0.717) is 0 Å². The number of hydrogen-bond donors (Lipinski definition) is 1. The van der Waals surface area contributed by atoms with Crippen LogP contribution in [0, 0.1) is 0 Å². The van der Waals surface area contributed by atoms with E-state index in [1.54, 1.807) is 13.3 Å². The van der Waals surface area contributed by atoms with Crippen LogP contribution in [0.25, 0.3) is 0 Å². The number of allylic oxidation sites excluding steroid dienone is 3. The third-order valence-corrected chi connectivity index (χ3v) is 1.44. The molecular weight excluding hydrogens is 148 g/mol. The average molecular weight is 166 g/mol. The maximum absolute atomic E-state index is 3.87. The first kappa shape index (κ1) is 11.0. The smallest absolute Gasteiger partial charge is 0.0490 e. The molecule has 2 nitrogen and oxygen atoms in total. The van der Waals surface area contributed by atoms with Gasteiger partial charge >= 0.3 is 0 Å². The quantitative estimate of drug-likeness (QED) is 0.623. The SMILES string of the molecule is C=C(C=NC)N/C(=C/CC)CC. The summed E-state index contributed by atoms with van der Waals surface area (Å²) < 4.78 is 0. The monoisotopic (exact) mass is 166 g/mol. The highest BCUT2D eigenvalue weighted by atomic mass is 14.9. The van der Waals surface area contributed by atoms with Gasteiger partial charge in [-0.05, 0) is 12.8 Å². The molecule has 2 heteroatoms. The van der Waals surface area contributed by atoms with Crippen molar-refractivity contribution in [2.75, 3.05) is 7.05 Å². The number of nitrogens with one attached hydrogen (secondary N) is 1. The number of nitrogens with zero attached hydrogens (tertiary/aromatic N) is 1. The van der Waals surface area contributed by atoms with Crippen molar-refractivity contribution < 1.29 is 0 Å². The summed E-state index contributed by atoms with van der Waals surface area (Å²) >= 11 is 0. The first-order valence-electron chi connectivity index (χ1n) is 4.31. The molecular formula is C10H18N2. The Hall–Kier alpha value is -1.05. The van der Waals surface area contributed by atoms with Gasteiger partial charge in [0.15, 0.2) is 0 Å². The summed E-state index contributed by atoms with van der Waals surface area (Å²) in [5.41, 5.74) is 2.06. The van der Waals surface area contributed by atoms with Crippen LogP contribution in [-0.2, 0) is 0 Å². The van der Waals surface area contributed by atoms with Gasteiger partial charge in [0, 0.05) is 24.7 Å². The minimum atomic E-state index is 0.846. The molecule has 68 valence electrons. The minimum Gasteiger partial charge on any atom is -0.358 e. The van der Waals surface area contributed by atoms with E-state index in [-0.39, 0.29) is 0 Å². The van der Waals surface area contributed by atoms with Crippen molar-refractivity contribution in [3.05, 3.63) is 24.0 Å². The lowest BCUT2D eigenvalue weighted by Crippen LogP contribution is -2.12. The second-order valence-corrected chi connectivity index (χ2v) is 2.53. The van der Waals surface area contributed by atoms with E-state index in [1.165, 1.54) is 5.70 Å². The Balaban J connectivity index is 4.03. The lowest BCUT2D eigenvalue weighted by atomic mass is 10.2. The first-order chi connectivity index (χ1) is 5.74. The Labute approximate surface area is 75.1 Å². The van der Waals surface area contributed by atoms with Gasteiger partial charge in [-0.1, -0.05) is 26.5 Å². The second kappa shape index (κ2) is 6.65. The summed E-state index contributed by atoms with van der Waals surface area (Å²) in [6.45, 7) is 8.05. The van der Waals surface area contributed by atoms with Gasteiger partial charge in [0.25, 0.3) is 0 Å². The Kier molecular flexibility index (Phi) is 6.07. The van der Waals surface area contributed by atoms with Crippen molar-refractivity contribution in [1.29, 1.82) is 0 Å². The molecule has 0 aliphatic carbocycles. The van der Waals surface area contributed by atoms with E-state index >= 15 is 0 Å². The predicted octanol–water partition coefficient (Wildman–Crippen LogP) is 2.49. The van der Waals surface area contributed by atoms with Crippen molar-refractivity contribution in [1.82, 2.24) is 5.32 Å². The van der Waals surface area contributed by atoms with Crippen molar-refractivity contribution in [2.24, 2.45) is 4.99 Å². The summed E-state index contributed by atoms with van der Waals surface area (Å²) in [4.78, 5) is 3.87. The Morgan fingerprint density at radius 3 is 2.58 bits per heavy atom. The molecule has 0 aromatic carbocycles. The maximum atomic E-state index is 3.87. The maximum Gasteiger partial charge on any atom is 0.0490 e. The van der Waals surface area contributed by atoms with Crippen molar-refractivity contribution in [2.45, 2.75) is 26.7 Å². The highest BCUT2D eigenvalue weighted by molar-refractivity contribution is 5.77. The van der Waals surface area contributed by atoms with Gasteiger partial charge in [-0.2, -0.15) is 0 Å². The Morgan fingerprint density at radius 2 is 2.17 bits per heavy atom. The van der Waals surface area contributed by atoms with E-state index in [2.05, 4.69) is 36.8 Å². The summed E-state index contributed by atoms with van der Waals surface area (Å²) in [7, 11) is 1.74. The van der Waals surface area contributed by atoms with E-state index in [4.69, 9.17) is 0 Å².